The molecule has 0 saturated carbocycles. The Morgan fingerprint density at radius 2 is 1.75 bits per heavy atom. The van der Waals surface area contributed by atoms with E-state index in [2.05, 4.69) is 5.32 Å². The molecule has 1 nitrogen and oxygen atoms in total. The van der Waals surface area contributed by atoms with Gasteiger partial charge in [0.25, 0.3) is 0 Å². The maximum absolute atomic E-state index is 13.7. The standard InChI is InChI=1S/C15H11Cl2F2N/c16-10-2-1-8-4-12(5-9(8)3-10)20-15-13(17)6-11(18)7-14(15)19/h1-3,6-7,12,20H,4-5H2. The Kier molecular flexibility index (Phi) is 3.57. The van der Waals surface area contributed by atoms with Crippen molar-refractivity contribution in [3.8, 4) is 0 Å². The Bertz CT molecular complexity index is 650. The first-order valence-electron chi connectivity index (χ1n) is 6.21. The topological polar surface area (TPSA) is 12.0 Å². The molecule has 0 aliphatic heterocycles. The first-order valence-corrected chi connectivity index (χ1v) is 6.97. The summed E-state index contributed by atoms with van der Waals surface area (Å²) in [6.45, 7) is 0. The van der Waals surface area contributed by atoms with Crippen molar-refractivity contribution in [3.05, 3.63) is 63.1 Å². The second-order valence-electron chi connectivity index (χ2n) is 4.91. The van der Waals surface area contributed by atoms with Crippen LogP contribution in [0.1, 0.15) is 11.1 Å². The molecule has 20 heavy (non-hydrogen) atoms. The molecule has 0 aromatic heterocycles. The minimum Gasteiger partial charge on any atom is -0.378 e. The molecule has 1 aliphatic rings. The van der Waals surface area contributed by atoms with Crippen LogP contribution in [0.15, 0.2) is 30.3 Å². The second-order valence-corrected chi connectivity index (χ2v) is 5.75. The van der Waals surface area contributed by atoms with Crippen molar-refractivity contribution in [3.63, 3.8) is 0 Å². The van der Waals surface area contributed by atoms with E-state index < -0.39 is 11.6 Å². The van der Waals surface area contributed by atoms with Crippen LogP contribution < -0.4 is 5.32 Å². The molecule has 0 bridgehead atoms. The lowest BCUT2D eigenvalue weighted by atomic mass is 10.1. The van der Waals surface area contributed by atoms with Crippen LogP contribution in [0.5, 0.6) is 0 Å². The Labute approximate surface area is 125 Å². The molecule has 1 N–H and O–H groups in total. The number of fused-ring (bicyclic) bond motifs is 1. The third kappa shape index (κ3) is 2.60. The molecule has 1 unspecified atom stereocenters. The van der Waals surface area contributed by atoms with Gasteiger partial charge < -0.3 is 5.32 Å². The van der Waals surface area contributed by atoms with E-state index in [0.29, 0.717) is 5.02 Å². The molecule has 104 valence electrons. The Hall–Kier alpha value is -1.32. The summed E-state index contributed by atoms with van der Waals surface area (Å²) >= 11 is 11.8. The molecule has 5 heteroatoms. The highest BCUT2D eigenvalue weighted by Gasteiger charge is 2.23. The summed E-state index contributed by atoms with van der Waals surface area (Å²) in [5.41, 5.74) is 2.48. The molecule has 1 atom stereocenters. The first kappa shape index (κ1) is 13.7. The van der Waals surface area contributed by atoms with Gasteiger partial charge >= 0.3 is 0 Å². The van der Waals surface area contributed by atoms with E-state index in [1.54, 1.807) is 0 Å². The molecule has 3 rings (SSSR count). The third-order valence-electron chi connectivity index (χ3n) is 3.46. The zero-order valence-electron chi connectivity index (χ0n) is 10.4. The van der Waals surface area contributed by atoms with Gasteiger partial charge in [0.15, 0.2) is 5.82 Å². The number of anilines is 1. The van der Waals surface area contributed by atoms with Gasteiger partial charge in [0.2, 0.25) is 0 Å². The molecule has 0 spiro atoms. The summed E-state index contributed by atoms with van der Waals surface area (Å²) in [5.74, 6) is -1.36. The number of hydrogen-bond donors (Lipinski definition) is 1. The number of nitrogens with one attached hydrogen (secondary N) is 1. The van der Waals surface area contributed by atoms with Crippen LogP contribution in [0.4, 0.5) is 14.5 Å². The average Bonchev–Trinajstić information content (AvgIpc) is 2.75. The fourth-order valence-corrected chi connectivity index (χ4v) is 3.02. The molecule has 0 radical (unpaired) electrons. The summed E-state index contributed by atoms with van der Waals surface area (Å²) in [4.78, 5) is 0. The SMILES string of the molecule is Fc1cc(F)c(NC2Cc3ccc(Cl)cc3C2)c(Cl)c1. The van der Waals surface area contributed by atoms with Crippen LogP contribution in [-0.4, -0.2) is 6.04 Å². The normalized spacial score (nSPS) is 17.1. The summed E-state index contributed by atoms with van der Waals surface area (Å²) < 4.78 is 26.8. The van der Waals surface area contributed by atoms with Crippen LogP contribution in [-0.2, 0) is 12.8 Å². The van der Waals surface area contributed by atoms with Gasteiger partial charge in [-0.2, -0.15) is 0 Å². The molecule has 0 fully saturated rings. The van der Waals surface area contributed by atoms with Gasteiger partial charge in [-0.05, 0) is 42.2 Å². The summed E-state index contributed by atoms with van der Waals surface area (Å²) in [6.07, 6.45) is 1.50. The van der Waals surface area contributed by atoms with Crippen LogP contribution in [0.3, 0.4) is 0 Å². The van der Waals surface area contributed by atoms with E-state index in [-0.39, 0.29) is 16.8 Å². The highest BCUT2D eigenvalue weighted by molar-refractivity contribution is 6.33. The average molecular weight is 314 g/mol. The molecule has 2 aromatic carbocycles. The minimum atomic E-state index is -0.681. The molecule has 0 heterocycles. The van der Waals surface area contributed by atoms with Crippen molar-refractivity contribution in [2.24, 2.45) is 0 Å². The smallest absolute Gasteiger partial charge is 0.150 e. The lowest BCUT2D eigenvalue weighted by Gasteiger charge is -2.15. The number of hydrogen-bond acceptors (Lipinski definition) is 1. The molecule has 0 amide bonds. The van der Waals surface area contributed by atoms with E-state index in [0.717, 1.165) is 30.5 Å². The predicted octanol–water partition coefficient (Wildman–Crippen LogP) is 4.85. The van der Waals surface area contributed by atoms with E-state index in [4.69, 9.17) is 23.2 Å². The van der Waals surface area contributed by atoms with Crippen LogP contribution in [0, 0.1) is 11.6 Å². The maximum atomic E-state index is 13.7. The Balaban J connectivity index is 1.81. The Morgan fingerprint density at radius 1 is 1.00 bits per heavy atom. The number of rotatable bonds is 2. The maximum Gasteiger partial charge on any atom is 0.150 e. The van der Waals surface area contributed by atoms with E-state index >= 15 is 0 Å². The monoisotopic (exact) mass is 313 g/mol. The highest BCUT2D eigenvalue weighted by Crippen LogP contribution is 2.31. The van der Waals surface area contributed by atoms with Crippen molar-refractivity contribution in [2.45, 2.75) is 18.9 Å². The fraction of sp³-hybridized carbons (Fsp3) is 0.200. The minimum absolute atomic E-state index is 0.0286. The van der Waals surface area contributed by atoms with Gasteiger partial charge in [0.1, 0.15) is 5.82 Å². The van der Waals surface area contributed by atoms with Crippen LogP contribution in [0.25, 0.3) is 0 Å². The molecular weight excluding hydrogens is 303 g/mol. The van der Waals surface area contributed by atoms with E-state index in [9.17, 15) is 8.78 Å². The zero-order chi connectivity index (χ0) is 14.3. The second kappa shape index (κ2) is 5.23. The fourth-order valence-electron chi connectivity index (χ4n) is 2.57. The van der Waals surface area contributed by atoms with E-state index in [1.165, 1.54) is 5.56 Å². The van der Waals surface area contributed by atoms with Crippen LogP contribution >= 0.6 is 23.2 Å². The lowest BCUT2D eigenvalue weighted by molar-refractivity contribution is 0.583. The lowest BCUT2D eigenvalue weighted by Crippen LogP contribution is -2.20. The third-order valence-corrected chi connectivity index (χ3v) is 3.99. The van der Waals surface area contributed by atoms with E-state index in [1.807, 2.05) is 18.2 Å². The predicted molar refractivity (Wildman–Crippen MR) is 77.6 cm³/mol. The van der Waals surface area contributed by atoms with Gasteiger partial charge in [-0.25, -0.2) is 8.78 Å². The molecular formula is C15H11Cl2F2N. The summed E-state index contributed by atoms with van der Waals surface area (Å²) in [5, 5.41) is 3.80. The molecule has 1 aliphatic carbocycles. The van der Waals surface area contributed by atoms with Gasteiger partial charge in [-0.1, -0.05) is 29.3 Å². The number of benzene rings is 2. The zero-order valence-corrected chi connectivity index (χ0v) is 11.9. The molecule has 0 saturated heterocycles. The van der Waals surface area contributed by atoms with Gasteiger partial charge in [0.05, 0.1) is 10.7 Å². The van der Waals surface area contributed by atoms with Crippen LogP contribution in [0.2, 0.25) is 10.0 Å². The first-order chi connectivity index (χ1) is 9.52. The van der Waals surface area contributed by atoms with Crippen molar-refractivity contribution in [1.82, 2.24) is 0 Å². The highest BCUT2D eigenvalue weighted by atomic mass is 35.5. The Morgan fingerprint density at radius 3 is 2.50 bits per heavy atom. The summed E-state index contributed by atoms with van der Waals surface area (Å²) in [6, 6.07) is 7.69. The largest absolute Gasteiger partial charge is 0.378 e. The van der Waals surface area contributed by atoms with Gasteiger partial charge in [-0.15, -0.1) is 0 Å². The van der Waals surface area contributed by atoms with Gasteiger partial charge in [0, 0.05) is 17.1 Å². The summed E-state index contributed by atoms with van der Waals surface area (Å²) in [7, 11) is 0. The van der Waals surface area contributed by atoms with Crippen molar-refractivity contribution < 1.29 is 8.78 Å². The van der Waals surface area contributed by atoms with Crippen molar-refractivity contribution in [2.75, 3.05) is 5.32 Å². The molecule has 2 aromatic rings. The quantitative estimate of drug-likeness (QED) is 0.835. The van der Waals surface area contributed by atoms with Gasteiger partial charge in [-0.3, -0.25) is 0 Å². The van der Waals surface area contributed by atoms with Crippen molar-refractivity contribution >= 4 is 28.9 Å². The number of halogens is 4. The van der Waals surface area contributed by atoms with Crippen molar-refractivity contribution in [1.29, 1.82) is 0 Å².